The molecule has 0 saturated carbocycles. The summed E-state index contributed by atoms with van der Waals surface area (Å²) in [5.74, 6) is 0. The molecular formula is C12H16N4. The summed E-state index contributed by atoms with van der Waals surface area (Å²) in [7, 11) is 0. The van der Waals surface area contributed by atoms with Crippen LogP contribution < -0.4 is 5.73 Å². The Hall–Kier alpha value is -1.68. The molecular weight excluding hydrogens is 200 g/mol. The number of aromatic nitrogens is 3. The highest BCUT2D eigenvalue weighted by Crippen LogP contribution is 2.21. The second-order valence-electron chi connectivity index (χ2n) is 3.64. The second-order valence-corrected chi connectivity index (χ2v) is 3.64. The highest BCUT2D eigenvalue weighted by molar-refractivity contribution is 5.61. The van der Waals surface area contributed by atoms with Crippen LogP contribution in [-0.4, -0.2) is 21.3 Å². The molecule has 0 bridgehead atoms. The maximum atomic E-state index is 5.61. The average Bonchev–Trinajstić information content (AvgIpc) is 2.74. The standard InChI is InChI=1S/C12H16N4/c1-2-16-9-11(5-6-13)12(15-16)10-4-3-7-14-8-10/h3-4,7-9H,2,5-6,13H2,1H3. The van der Waals surface area contributed by atoms with E-state index in [0.29, 0.717) is 6.54 Å². The van der Waals surface area contributed by atoms with Gasteiger partial charge in [0.1, 0.15) is 0 Å². The quantitative estimate of drug-likeness (QED) is 0.842. The molecule has 0 aliphatic heterocycles. The van der Waals surface area contributed by atoms with Crippen LogP contribution in [0.3, 0.4) is 0 Å². The fourth-order valence-electron chi connectivity index (χ4n) is 1.71. The Morgan fingerprint density at radius 3 is 2.94 bits per heavy atom. The van der Waals surface area contributed by atoms with Crippen LogP contribution >= 0.6 is 0 Å². The van der Waals surface area contributed by atoms with E-state index in [1.54, 1.807) is 6.20 Å². The van der Waals surface area contributed by atoms with Crippen molar-refractivity contribution in [1.82, 2.24) is 14.8 Å². The zero-order chi connectivity index (χ0) is 11.4. The molecule has 2 rings (SSSR count). The third kappa shape index (κ3) is 2.12. The fourth-order valence-corrected chi connectivity index (χ4v) is 1.71. The molecule has 0 atom stereocenters. The molecule has 2 heterocycles. The van der Waals surface area contributed by atoms with Crippen molar-refractivity contribution >= 4 is 0 Å². The van der Waals surface area contributed by atoms with Gasteiger partial charge in [0.05, 0.1) is 5.69 Å². The third-order valence-corrected chi connectivity index (χ3v) is 2.51. The lowest BCUT2D eigenvalue weighted by Gasteiger charge is -1.99. The molecule has 16 heavy (non-hydrogen) atoms. The number of hydrogen-bond donors (Lipinski definition) is 1. The zero-order valence-electron chi connectivity index (χ0n) is 9.43. The third-order valence-electron chi connectivity index (χ3n) is 2.51. The van der Waals surface area contributed by atoms with Gasteiger partial charge in [-0.2, -0.15) is 5.10 Å². The topological polar surface area (TPSA) is 56.7 Å². The minimum atomic E-state index is 0.642. The van der Waals surface area contributed by atoms with Crippen LogP contribution in [0.1, 0.15) is 12.5 Å². The van der Waals surface area contributed by atoms with Gasteiger partial charge in [0.15, 0.2) is 0 Å². The predicted octanol–water partition coefficient (Wildman–Crippen LogP) is 1.47. The number of nitrogens with zero attached hydrogens (tertiary/aromatic N) is 3. The summed E-state index contributed by atoms with van der Waals surface area (Å²) >= 11 is 0. The first kappa shape index (κ1) is 10.8. The molecule has 0 aliphatic rings. The maximum absolute atomic E-state index is 5.61. The first-order valence-electron chi connectivity index (χ1n) is 5.52. The average molecular weight is 216 g/mol. The Labute approximate surface area is 95.1 Å². The minimum Gasteiger partial charge on any atom is -0.330 e. The van der Waals surface area contributed by atoms with Gasteiger partial charge in [-0.05, 0) is 37.6 Å². The molecule has 0 unspecified atom stereocenters. The number of nitrogens with two attached hydrogens (primary N) is 1. The van der Waals surface area contributed by atoms with Gasteiger partial charge in [0.25, 0.3) is 0 Å². The van der Waals surface area contributed by atoms with Crippen LogP contribution in [0, 0.1) is 0 Å². The molecule has 0 aliphatic carbocycles. The summed E-state index contributed by atoms with van der Waals surface area (Å²) in [5, 5.41) is 4.54. The Bertz CT molecular complexity index is 447. The molecule has 0 radical (unpaired) electrons. The van der Waals surface area contributed by atoms with E-state index >= 15 is 0 Å². The Morgan fingerprint density at radius 2 is 2.31 bits per heavy atom. The van der Waals surface area contributed by atoms with E-state index in [2.05, 4.69) is 23.2 Å². The summed E-state index contributed by atoms with van der Waals surface area (Å²) < 4.78 is 1.94. The van der Waals surface area contributed by atoms with Crippen LogP contribution in [0.15, 0.2) is 30.7 Å². The summed E-state index contributed by atoms with van der Waals surface area (Å²) in [5.41, 5.74) is 8.85. The zero-order valence-corrected chi connectivity index (χ0v) is 9.43. The van der Waals surface area contributed by atoms with Crippen LogP contribution in [0.4, 0.5) is 0 Å². The van der Waals surface area contributed by atoms with Crippen molar-refractivity contribution in [2.45, 2.75) is 19.9 Å². The van der Waals surface area contributed by atoms with Crippen molar-refractivity contribution in [3.63, 3.8) is 0 Å². The van der Waals surface area contributed by atoms with Crippen molar-refractivity contribution in [1.29, 1.82) is 0 Å². The molecule has 0 spiro atoms. The first-order valence-corrected chi connectivity index (χ1v) is 5.52. The molecule has 0 aromatic carbocycles. The van der Waals surface area contributed by atoms with Crippen molar-refractivity contribution in [3.8, 4) is 11.3 Å². The smallest absolute Gasteiger partial charge is 0.0971 e. The van der Waals surface area contributed by atoms with E-state index in [1.807, 2.05) is 23.0 Å². The van der Waals surface area contributed by atoms with E-state index in [4.69, 9.17) is 5.73 Å². The molecule has 0 fully saturated rings. The normalized spacial score (nSPS) is 10.6. The summed E-state index contributed by atoms with van der Waals surface area (Å²) in [4.78, 5) is 4.12. The van der Waals surface area contributed by atoms with Gasteiger partial charge in [-0.1, -0.05) is 0 Å². The van der Waals surface area contributed by atoms with Gasteiger partial charge in [-0.15, -0.1) is 0 Å². The van der Waals surface area contributed by atoms with E-state index in [-0.39, 0.29) is 0 Å². The molecule has 4 nitrogen and oxygen atoms in total. The lowest BCUT2D eigenvalue weighted by molar-refractivity contribution is 0.661. The van der Waals surface area contributed by atoms with Gasteiger partial charge in [-0.25, -0.2) is 0 Å². The minimum absolute atomic E-state index is 0.642. The Morgan fingerprint density at radius 1 is 1.44 bits per heavy atom. The van der Waals surface area contributed by atoms with Crippen molar-refractivity contribution in [3.05, 3.63) is 36.3 Å². The van der Waals surface area contributed by atoms with Gasteiger partial charge < -0.3 is 5.73 Å². The van der Waals surface area contributed by atoms with Gasteiger partial charge >= 0.3 is 0 Å². The summed E-state index contributed by atoms with van der Waals surface area (Å²) in [6.07, 6.45) is 6.52. The number of aryl methyl sites for hydroxylation is 1. The van der Waals surface area contributed by atoms with Crippen molar-refractivity contribution < 1.29 is 0 Å². The molecule has 2 aromatic heterocycles. The Balaban J connectivity index is 2.42. The van der Waals surface area contributed by atoms with Crippen LogP contribution in [-0.2, 0) is 13.0 Å². The molecule has 84 valence electrons. The van der Waals surface area contributed by atoms with Gasteiger partial charge in [0, 0.05) is 30.7 Å². The van der Waals surface area contributed by atoms with Crippen molar-refractivity contribution in [2.75, 3.05) is 6.54 Å². The van der Waals surface area contributed by atoms with Crippen molar-refractivity contribution in [2.24, 2.45) is 5.73 Å². The highest BCUT2D eigenvalue weighted by atomic mass is 15.3. The van der Waals surface area contributed by atoms with Crippen LogP contribution in [0.5, 0.6) is 0 Å². The van der Waals surface area contributed by atoms with E-state index in [1.165, 1.54) is 5.56 Å². The first-order chi connectivity index (χ1) is 7.85. The lowest BCUT2D eigenvalue weighted by atomic mass is 10.1. The van der Waals surface area contributed by atoms with E-state index in [9.17, 15) is 0 Å². The number of rotatable bonds is 4. The van der Waals surface area contributed by atoms with Gasteiger partial charge in [-0.3, -0.25) is 9.67 Å². The molecule has 0 amide bonds. The maximum Gasteiger partial charge on any atom is 0.0971 e. The number of hydrogen-bond acceptors (Lipinski definition) is 3. The highest BCUT2D eigenvalue weighted by Gasteiger charge is 2.09. The van der Waals surface area contributed by atoms with Crippen LogP contribution in [0.2, 0.25) is 0 Å². The molecule has 2 aromatic rings. The van der Waals surface area contributed by atoms with Gasteiger partial charge in [0.2, 0.25) is 0 Å². The van der Waals surface area contributed by atoms with E-state index < -0.39 is 0 Å². The van der Waals surface area contributed by atoms with Crippen LogP contribution in [0.25, 0.3) is 11.3 Å². The Kier molecular flexibility index (Phi) is 3.31. The molecule has 4 heteroatoms. The monoisotopic (exact) mass is 216 g/mol. The molecule has 0 saturated heterocycles. The lowest BCUT2D eigenvalue weighted by Crippen LogP contribution is -2.02. The molecule has 2 N–H and O–H groups in total. The summed E-state index contributed by atoms with van der Waals surface area (Å²) in [6.45, 7) is 3.59. The predicted molar refractivity (Wildman–Crippen MR) is 63.9 cm³/mol. The SMILES string of the molecule is CCn1cc(CCN)c(-c2cccnc2)n1. The second kappa shape index (κ2) is 4.90. The number of pyridine rings is 1. The van der Waals surface area contributed by atoms with E-state index in [0.717, 1.165) is 24.2 Å². The largest absolute Gasteiger partial charge is 0.330 e. The fraction of sp³-hybridized carbons (Fsp3) is 0.333. The summed E-state index contributed by atoms with van der Waals surface area (Å²) in [6, 6.07) is 3.95.